The highest BCUT2D eigenvalue weighted by molar-refractivity contribution is 9.10. The quantitative estimate of drug-likeness (QED) is 0.675. The van der Waals surface area contributed by atoms with Crippen LogP contribution in [0, 0.1) is 0 Å². The number of carbonyl (C=O) groups excluding carboxylic acids is 1. The number of benzene rings is 2. The third kappa shape index (κ3) is 3.57. The number of allylic oxidation sites excluding steroid dienone is 1. The smallest absolute Gasteiger partial charge is 0.187 e. The first kappa shape index (κ1) is 12.6. The van der Waals surface area contributed by atoms with Gasteiger partial charge in [-0.15, -0.1) is 0 Å². The number of halogens is 1. The third-order valence-electron chi connectivity index (χ3n) is 2.39. The van der Waals surface area contributed by atoms with Crippen LogP contribution in [0.4, 0.5) is 5.69 Å². The van der Waals surface area contributed by atoms with Gasteiger partial charge < -0.3 is 5.32 Å². The van der Waals surface area contributed by atoms with Crippen LogP contribution < -0.4 is 5.32 Å². The summed E-state index contributed by atoms with van der Waals surface area (Å²) < 4.78 is 0.963. The Morgan fingerprint density at radius 3 is 2.33 bits per heavy atom. The second-order valence-corrected chi connectivity index (χ2v) is 4.63. The first-order chi connectivity index (χ1) is 8.75. The fourth-order valence-electron chi connectivity index (χ4n) is 1.46. The van der Waals surface area contributed by atoms with Crippen molar-refractivity contribution in [3.05, 3.63) is 76.9 Å². The average Bonchev–Trinajstić information content (AvgIpc) is 2.40. The zero-order valence-electron chi connectivity index (χ0n) is 9.64. The standard InChI is InChI=1S/C15H12BrNO/c16-13-8-6-12(7-9-13)15(18)10-11-17-14-4-2-1-3-5-14/h1-11,17H/b11-10+. The van der Waals surface area contributed by atoms with Crippen molar-refractivity contribution in [2.45, 2.75) is 0 Å². The van der Waals surface area contributed by atoms with E-state index in [-0.39, 0.29) is 5.78 Å². The zero-order valence-corrected chi connectivity index (χ0v) is 11.2. The lowest BCUT2D eigenvalue weighted by Gasteiger charge is -1.99. The fraction of sp³-hybridized carbons (Fsp3) is 0. The Morgan fingerprint density at radius 2 is 1.67 bits per heavy atom. The van der Waals surface area contributed by atoms with Crippen LogP contribution in [0.2, 0.25) is 0 Å². The van der Waals surface area contributed by atoms with Gasteiger partial charge in [-0.1, -0.05) is 34.1 Å². The summed E-state index contributed by atoms with van der Waals surface area (Å²) in [6, 6.07) is 17.0. The van der Waals surface area contributed by atoms with Crippen LogP contribution in [0.3, 0.4) is 0 Å². The van der Waals surface area contributed by atoms with Crippen molar-refractivity contribution in [2.24, 2.45) is 0 Å². The second-order valence-electron chi connectivity index (χ2n) is 3.71. The highest BCUT2D eigenvalue weighted by atomic mass is 79.9. The van der Waals surface area contributed by atoms with E-state index in [0.717, 1.165) is 10.2 Å². The molecule has 2 aromatic rings. The largest absolute Gasteiger partial charge is 0.362 e. The molecule has 90 valence electrons. The summed E-state index contributed by atoms with van der Waals surface area (Å²) in [7, 11) is 0. The van der Waals surface area contributed by atoms with Crippen molar-refractivity contribution >= 4 is 27.4 Å². The SMILES string of the molecule is O=C(/C=C/Nc1ccccc1)c1ccc(Br)cc1. The predicted octanol–water partition coefficient (Wildman–Crippen LogP) is 4.26. The van der Waals surface area contributed by atoms with Crippen molar-refractivity contribution in [1.29, 1.82) is 0 Å². The minimum Gasteiger partial charge on any atom is -0.362 e. The first-order valence-corrected chi connectivity index (χ1v) is 6.33. The van der Waals surface area contributed by atoms with Gasteiger partial charge in [0.05, 0.1) is 0 Å². The van der Waals surface area contributed by atoms with Crippen LogP contribution in [0.25, 0.3) is 0 Å². The molecule has 0 aliphatic rings. The van der Waals surface area contributed by atoms with Crippen molar-refractivity contribution in [3.8, 4) is 0 Å². The van der Waals surface area contributed by atoms with E-state index < -0.39 is 0 Å². The molecule has 0 heterocycles. The Balaban J connectivity index is 1.97. The molecule has 0 saturated heterocycles. The van der Waals surface area contributed by atoms with E-state index >= 15 is 0 Å². The van der Waals surface area contributed by atoms with Crippen LogP contribution in [0.5, 0.6) is 0 Å². The summed E-state index contributed by atoms with van der Waals surface area (Å²) in [6.07, 6.45) is 3.18. The lowest BCUT2D eigenvalue weighted by molar-refractivity contribution is 0.104. The molecule has 0 atom stereocenters. The molecule has 0 radical (unpaired) electrons. The summed E-state index contributed by atoms with van der Waals surface area (Å²) in [5, 5.41) is 3.05. The van der Waals surface area contributed by atoms with Gasteiger partial charge in [0.1, 0.15) is 0 Å². The Morgan fingerprint density at radius 1 is 1.00 bits per heavy atom. The molecule has 2 rings (SSSR count). The van der Waals surface area contributed by atoms with Gasteiger partial charge in [0.15, 0.2) is 5.78 Å². The molecule has 2 nitrogen and oxygen atoms in total. The maximum absolute atomic E-state index is 11.8. The van der Waals surface area contributed by atoms with Gasteiger partial charge in [-0.3, -0.25) is 4.79 Å². The van der Waals surface area contributed by atoms with Crippen molar-refractivity contribution in [1.82, 2.24) is 0 Å². The Kier molecular flexibility index (Phi) is 4.31. The first-order valence-electron chi connectivity index (χ1n) is 5.54. The topological polar surface area (TPSA) is 29.1 Å². The van der Waals surface area contributed by atoms with E-state index in [9.17, 15) is 4.79 Å². The molecule has 0 aliphatic heterocycles. The maximum atomic E-state index is 11.8. The average molecular weight is 302 g/mol. The summed E-state index contributed by atoms with van der Waals surface area (Å²) in [5.41, 5.74) is 1.63. The molecular formula is C15H12BrNO. The predicted molar refractivity (Wildman–Crippen MR) is 77.7 cm³/mol. The molecule has 0 saturated carbocycles. The maximum Gasteiger partial charge on any atom is 0.187 e. The Labute approximate surface area is 114 Å². The van der Waals surface area contributed by atoms with E-state index in [0.29, 0.717) is 5.56 Å². The third-order valence-corrected chi connectivity index (χ3v) is 2.92. The van der Waals surface area contributed by atoms with Crippen molar-refractivity contribution in [3.63, 3.8) is 0 Å². The number of rotatable bonds is 4. The molecule has 0 aliphatic carbocycles. The molecule has 0 unspecified atom stereocenters. The van der Waals surface area contributed by atoms with Crippen LogP contribution >= 0.6 is 15.9 Å². The molecule has 1 N–H and O–H groups in total. The molecule has 0 bridgehead atoms. The summed E-state index contributed by atoms with van der Waals surface area (Å²) in [5.74, 6) is -0.0223. The normalized spacial score (nSPS) is 10.5. The molecule has 18 heavy (non-hydrogen) atoms. The number of para-hydroxylation sites is 1. The van der Waals surface area contributed by atoms with Gasteiger partial charge in [0, 0.05) is 28.0 Å². The van der Waals surface area contributed by atoms with Crippen LogP contribution in [0.15, 0.2) is 71.3 Å². The molecule has 0 spiro atoms. The van der Waals surface area contributed by atoms with Crippen LogP contribution in [0.1, 0.15) is 10.4 Å². The van der Waals surface area contributed by atoms with Gasteiger partial charge in [0.2, 0.25) is 0 Å². The minimum absolute atomic E-state index is 0.0223. The van der Waals surface area contributed by atoms with Crippen LogP contribution in [-0.2, 0) is 0 Å². The number of anilines is 1. The van der Waals surface area contributed by atoms with Crippen LogP contribution in [-0.4, -0.2) is 5.78 Å². The lowest BCUT2D eigenvalue weighted by atomic mass is 10.1. The van der Waals surface area contributed by atoms with E-state index in [1.54, 1.807) is 18.3 Å². The zero-order chi connectivity index (χ0) is 12.8. The van der Waals surface area contributed by atoms with Gasteiger partial charge in [-0.05, 0) is 36.4 Å². The van der Waals surface area contributed by atoms with Gasteiger partial charge >= 0.3 is 0 Å². The Bertz CT molecular complexity index is 546. The fourth-order valence-corrected chi connectivity index (χ4v) is 1.72. The number of carbonyl (C=O) groups is 1. The highest BCUT2D eigenvalue weighted by Crippen LogP contribution is 2.11. The van der Waals surface area contributed by atoms with Crippen molar-refractivity contribution < 1.29 is 4.79 Å². The van der Waals surface area contributed by atoms with Gasteiger partial charge in [0.25, 0.3) is 0 Å². The van der Waals surface area contributed by atoms with E-state index in [2.05, 4.69) is 21.2 Å². The summed E-state index contributed by atoms with van der Waals surface area (Å²) >= 11 is 3.34. The summed E-state index contributed by atoms with van der Waals surface area (Å²) in [6.45, 7) is 0. The molecule has 0 amide bonds. The molecule has 0 fully saturated rings. The molecule has 3 heteroatoms. The van der Waals surface area contributed by atoms with E-state index in [4.69, 9.17) is 0 Å². The monoisotopic (exact) mass is 301 g/mol. The van der Waals surface area contributed by atoms with Gasteiger partial charge in [-0.25, -0.2) is 0 Å². The number of hydrogen-bond acceptors (Lipinski definition) is 2. The second kappa shape index (κ2) is 6.17. The lowest BCUT2D eigenvalue weighted by Crippen LogP contribution is -1.95. The minimum atomic E-state index is -0.0223. The molecule has 2 aromatic carbocycles. The number of hydrogen-bond donors (Lipinski definition) is 1. The van der Waals surface area contributed by atoms with Crippen molar-refractivity contribution in [2.75, 3.05) is 5.32 Å². The molecule has 0 aromatic heterocycles. The van der Waals surface area contributed by atoms with E-state index in [1.165, 1.54) is 6.08 Å². The number of ketones is 1. The highest BCUT2D eigenvalue weighted by Gasteiger charge is 2.00. The number of nitrogens with one attached hydrogen (secondary N) is 1. The van der Waals surface area contributed by atoms with E-state index in [1.807, 2.05) is 42.5 Å². The summed E-state index contributed by atoms with van der Waals surface area (Å²) in [4.78, 5) is 11.8. The molecular weight excluding hydrogens is 290 g/mol. The Hall–Kier alpha value is -1.87. The van der Waals surface area contributed by atoms with Gasteiger partial charge in [-0.2, -0.15) is 0 Å².